The highest BCUT2D eigenvalue weighted by molar-refractivity contribution is 5.81. The van der Waals surface area contributed by atoms with Crippen molar-refractivity contribution < 1.29 is 4.79 Å². The lowest BCUT2D eigenvalue weighted by molar-refractivity contribution is -0.120. The summed E-state index contributed by atoms with van der Waals surface area (Å²) in [6, 6.07) is 0. The van der Waals surface area contributed by atoms with Crippen LogP contribution in [0.1, 0.15) is 52.9 Å². The fourth-order valence-corrected chi connectivity index (χ4v) is 3.50. The number of nitrogens with one attached hydrogen (secondary N) is 1. The molecule has 1 amide bonds. The van der Waals surface area contributed by atoms with E-state index in [9.17, 15) is 4.79 Å². The molecule has 2 fully saturated rings. The molecule has 0 radical (unpaired) electrons. The molecule has 2 aliphatic rings. The average Bonchev–Trinajstić information content (AvgIpc) is 2.18. The van der Waals surface area contributed by atoms with Gasteiger partial charge in [-0.3, -0.25) is 4.79 Å². The van der Waals surface area contributed by atoms with Gasteiger partial charge in [-0.2, -0.15) is 0 Å². The Morgan fingerprint density at radius 2 is 2.07 bits per heavy atom. The predicted molar refractivity (Wildman–Crippen MR) is 56.9 cm³/mol. The van der Waals surface area contributed by atoms with Gasteiger partial charge in [0, 0.05) is 17.4 Å². The first-order valence-electron chi connectivity index (χ1n) is 5.83. The number of carbonyl (C=O) groups is 1. The molecular formula is C12H21NO. The zero-order valence-electron chi connectivity index (χ0n) is 9.52. The Hall–Kier alpha value is -0.530. The van der Waals surface area contributed by atoms with Crippen LogP contribution in [-0.2, 0) is 4.79 Å². The topological polar surface area (TPSA) is 29.1 Å². The van der Waals surface area contributed by atoms with Crippen LogP contribution in [0.3, 0.4) is 0 Å². The molecule has 2 heteroatoms. The fraction of sp³-hybridized carbons (Fsp3) is 0.917. The number of hydrogen-bond acceptors (Lipinski definition) is 1. The minimum atomic E-state index is 0.00389. The molecule has 1 saturated carbocycles. The number of carbonyl (C=O) groups excluding carboxylic acids is 1. The summed E-state index contributed by atoms with van der Waals surface area (Å²) in [4.78, 5) is 11.6. The third-order valence-electron chi connectivity index (χ3n) is 4.69. The first kappa shape index (κ1) is 10.0. The third kappa shape index (κ3) is 1.12. The van der Waals surface area contributed by atoms with Crippen LogP contribution >= 0.6 is 0 Å². The quantitative estimate of drug-likeness (QED) is 0.720. The predicted octanol–water partition coefficient (Wildman–Crippen LogP) is 2.48. The lowest BCUT2D eigenvalue weighted by Crippen LogP contribution is -2.52. The van der Waals surface area contributed by atoms with Crippen molar-refractivity contribution >= 4 is 5.91 Å². The van der Waals surface area contributed by atoms with Gasteiger partial charge >= 0.3 is 0 Å². The Morgan fingerprint density at radius 3 is 2.36 bits per heavy atom. The molecule has 0 aromatic heterocycles. The largest absolute Gasteiger partial charge is 0.351 e. The molecule has 1 atom stereocenters. The van der Waals surface area contributed by atoms with Crippen LogP contribution in [0.5, 0.6) is 0 Å². The highest BCUT2D eigenvalue weighted by atomic mass is 16.2. The van der Waals surface area contributed by atoms with E-state index in [1.54, 1.807) is 0 Å². The molecule has 1 unspecified atom stereocenters. The second kappa shape index (κ2) is 2.98. The Kier molecular flexibility index (Phi) is 2.13. The van der Waals surface area contributed by atoms with E-state index in [-0.39, 0.29) is 16.9 Å². The Bertz CT molecular complexity index is 255. The molecule has 14 heavy (non-hydrogen) atoms. The van der Waals surface area contributed by atoms with Crippen LogP contribution in [0.4, 0.5) is 0 Å². The van der Waals surface area contributed by atoms with Gasteiger partial charge < -0.3 is 5.32 Å². The Morgan fingerprint density at radius 1 is 1.43 bits per heavy atom. The normalized spacial score (nSPS) is 36.6. The van der Waals surface area contributed by atoms with Crippen molar-refractivity contribution in [3.8, 4) is 0 Å². The van der Waals surface area contributed by atoms with Crippen LogP contribution in [0, 0.1) is 11.3 Å². The molecule has 1 aliphatic carbocycles. The number of rotatable bonds is 2. The maximum atomic E-state index is 11.6. The van der Waals surface area contributed by atoms with Crippen molar-refractivity contribution in [2.24, 2.45) is 11.3 Å². The summed E-state index contributed by atoms with van der Waals surface area (Å²) in [7, 11) is 0. The molecule has 0 aromatic rings. The van der Waals surface area contributed by atoms with E-state index in [1.807, 2.05) is 0 Å². The lowest BCUT2D eigenvalue weighted by Gasteiger charge is -2.49. The molecular weight excluding hydrogens is 174 g/mol. The van der Waals surface area contributed by atoms with Gasteiger partial charge in [0.2, 0.25) is 5.91 Å². The van der Waals surface area contributed by atoms with Gasteiger partial charge in [-0.1, -0.05) is 13.3 Å². The molecule has 1 N–H and O–H groups in total. The van der Waals surface area contributed by atoms with E-state index in [2.05, 4.69) is 26.1 Å². The molecule has 2 rings (SSSR count). The van der Waals surface area contributed by atoms with Gasteiger partial charge in [0.25, 0.3) is 0 Å². The van der Waals surface area contributed by atoms with Crippen LogP contribution in [-0.4, -0.2) is 11.4 Å². The maximum absolute atomic E-state index is 11.6. The zero-order chi connectivity index (χ0) is 10.4. The standard InChI is InChI=1S/C12H21NO/c1-4-12(9-6-5-7-9)8-10(14)13-11(12,2)3/h9H,4-8H2,1-3H3,(H,13,14). The number of amides is 1. The molecule has 1 aliphatic heterocycles. The molecule has 80 valence electrons. The summed E-state index contributed by atoms with van der Waals surface area (Å²) in [6.45, 7) is 6.62. The third-order valence-corrected chi connectivity index (χ3v) is 4.69. The highest BCUT2D eigenvalue weighted by Gasteiger charge is 2.56. The summed E-state index contributed by atoms with van der Waals surface area (Å²) in [6.07, 6.45) is 5.89. The van der Waals surface area contributed by atoms with Gasteiger partial charge in [-0.05, 0) is 39.0 Å². The van der Waals surface area contributed by atoms with Crippen molar-refractivity contribution in [1.82, 2.24) is 5.32 Å². The molecule has 1 saturated heterocycles. The molecule has 0 spiro atoms. The van der Waals surface area contributed by atoms with Gasteiger partial charge in [0.1, 0.15) is 0 Å². The van der Waals surface area contributed by atoms with Crippen molar-refractivity contribution in [3.05, 3.63) is 0 Å². The first-order valence-corrected chi connectivity index (χ1v) is 5.83. The molecule has 0 aromatic carbocycles. The van der Waals surface area contributed by atoms with E-state index < -0.39 is 0 Å². The average molecular weight is 195 g/mol. The van der Waals surface area contributed by atoms with E-state index in [1.165, 1.54) is 19.3 Å². The monoisotopic (exact) mass is 195 g/mol. The van der Waals surface area contributed by atoms with Crippen molar-refractivity contribution in [1.29, 1.82) is 0 Å². The molecule has 2 nitrogen and oxygen atoms in total. The van der Waals surface area contributed by atoms with E-state index >= 15 is 0 Å². The van der Waals surface area contributed by atoms with E-state index in [0.717, 1.165) is 18.8 Å². The first-order chi connectivity index (χ1) is 6.52. The second-order valence-electron chi connectivity index (χ2n) is 5.49. The zero-order valence-corrected chi connectivity index (χ0v) is 9.52. The Labute approximate surface area is 86.5 Å². The smallest absolute Gasteiger partial charge is 0.221 e. The van der Waals surface area contributed by atoms with Gasteiger partial charge in [0.05, 0.1) is 0 Å². The summed E-state index contributed by atoms with van der Waals surface area (Å²) >= 11 is 0. The minimum absolute atomic E-state index is 0.00389. The highest BCUT2D eigenvalue weighted by Crippen LogP contribution is 2.55. The van der Waals surface area contributed by atoms with Crippen LogP contribution in [0.2, 0.25) is 0 Å². The second-order valence-corrected chi connectivity index (χ2v) is 5.49. The lowest BCUT2D eigenvalue weighted by atomic mass is 9.56. The minimum Gasteiger partial charge on any atom is -0.351 e. The van der Waals surface area contributed by atoms with E-state index in [4.69, 9.17) is 0 Å². The number of hydrogen-bond donors (Lipinski definition) is 1. The van der Waals surface area contributed by atoms with E-state index in [0.29, 0.717) is 0 Å². The molecule has 0 bridgehead atoms. The molecule has 1 heterocycles. The van der Waals surface area contributed by atoms with Gasteiger partial charge in [0.15, 0.2) is 0 Å². The fourth-order valence-electron chi connectivity index (χ4n) is 3.50. The van der Waals surface area contributed by atoms with Crippen molar-refractivity contribution in [2.75, 3.05) is 0 Å². The summed E-state index contributed by atoms with van der Waals surface area (Å²) < 4.78 is 0. The van der Waals surface area contributed by atoms with Crippen molar-refractivity contribution in [2.45, 2.75) is 58.4 Å². The maximum Gasteiger partial charge on any atom is 0.221 e. The van der Waals surface area contributed by atoms with Gasteiger partial charge in [-0.25, -0.2) is 0 Å². The van der Waals surface area contributed by atoms with Gasteiger partial charge in [-0.15, -0.1) is 0 Å². The van der Waals surface area contributed by atoms with Crippen molar-refractivity contribution in [3.63, 3.8) is 0 Å². The SMILES string of the molecule is CCC1(C2CCC2)CC(=O)NC1(C)C. The van der Waals surface area contributed by atoms with Crippen LogP contribution in [0.15, 0.2) is 0 Å². The Balaban J connectivity index is 2.29. The summed E-state index contributed by atoms with van der Waals surface area (Å²) in [5.74, 6) is 1.03. The summed E-state index contributed by atoms with van der Waals surface area (Å²) in [5.41, 5.74) is 0.242. The van der Waals surface area contributed by atoms with Crippen LogP contribution < -0.4 is 5.32 Å². The summed E-state index contributed by atoms with van der Waals surface area (Å²) in [5, 5.41) is 3.15. The van der Waals surface area contributed by atoms with Crippen LogP contribution in [0.25, 0.3) is 0 Å².